The summed E-state index contributed by atoms with van der Waals surface area (Å²) < 4.78 is 40.8. The molecule has 0 radical (unpaired) electrons. The predicted octanol–water partition coefficient (Wildman–Crippen LogP) is 4.92. The fourth-order valence-electron chi connectivity index (χ4n) is 5.43. The van der Waals surface area contributed by atoms with E-state index in [2.05, 4.69) is 11.1 Å². The number of hydrogen-bond donors (Lipinski definition) is 1. The summed E-state index contributed by atoms with van der Waals surface area (Å²) in [6.45, 7) is 1.87. The molecule has 8 nitrogen and oxygen atoms in total. The highest BCUT2D eigenvalue weighted by molar-refractivity contribution is 6.34. The van der Waals surface area contributed by atoms with Gasteiger partial charge >= 0.3 is 6.18 Å². The molecule has 1 aromatic heterocycles. The number of nitrogens with two attached hydrogens (primary N) is 1. The monoisotopic (exact) mass is 568 g/mol. The molecule has 0 saturated carbocycles. The van der Waals surface area contributed by atoms with Crippen LogP contribution in [0.25, 0.3) is 0 Å². The molecule has 40 heavy (non-hydrogen) atoms. The Hall–Kier alpha value is -4.30. The van der Waals surface area contributed by atoms with Crippen molar-refractivity contribution >= 4 is 46.3 Å². The van der Waals surface area contributed by atoms with E-state index in [1.54, 1.807) is 43.4 Å². The van der Waals surface area contributed by atoms with E-state index < -0.39 is 35.5 Å². The number of benzene rings is 2. The van der Waals surface area contributed by atoms with Gasteiger partial charge in [0.25, 0.3) is 0 Å². The summed E-state index contributed by atoms with van der Waals surface area (Å²) in [4.78, 5) is 35.9. The molecule has 1 fully saturated rings. The number of carbonyl (C=O) groups is 2. The Bertz CT molecular complexity index is 1570. The summed E-state index contributed by atoms with van der Waals surface area (Å²) in [6, 6.07) is 12.8. The van der Waals surface area contributed by atoms with Gasteiger partial charge in [-0.15, -0.1) is 0 Å². The lowest BCUT2D eigenvalue weighted by Gasteiger charge is -2.39. The zero-order valence-electron chi connectivity index (χ0n) is 21.5. The molecule has 206 valence electrons. The molecule has 0 unspecified atom stereocenters. The summed E-state index contributed by atoms with van der Waals surface area (Å²) in [7, 11) is 1.54. The third kappa shape index (κ3) is 4.79. The van der Waals surface area contributed by atoms with Crippen LogP contribution in [0.2, 0.25) is 5.02 Å². The van der Waals surface area contributed by atoms with Crippen molar-refractivity contribution in [3.8, 4) is 6.07 Å². The molecule has 3 aromatic rings. The first-order valence-corrected chi connectivity index (χ1v) is 12.7. The Kier molecular flexibility index (Phi) is 6.84. The number of nitriles is 1. The van der Waals surface area contributed by atoms with Gasteiger partial charge < -0.3 is 15.5 Å². The maximum Gasteiger partial charge on any atom is 0.416 e. The number of pyridine rings is 1. The minimum atomic E-state index is -4.65. The Morgan fingerprint density at radius 3 is 2.62 bits per heavy atom. The quantitative estimate of drug-likeness (QED) is 0.450. The fraction of sp³-hybridized carbons (Fsp3) is 0.286. The summed E-state index contributed by atoms with van der Waals surface area (Å²) >= 11 is 6.65. The molecule has 0 bridgehead atoms. The van der Waals surface area contributed by atoms with E-state index in [9.17, 15) is 28.0 Å². The predicted molar refractivity (Wildman–Crippen MR) is 145 cm³/mol. The zero-order chi connectivity index (χ0) is 28.9. The Balaban J connectivity index is 1.61. The molecule has 3 heterocycles. The van der Waals surface area contributed by atoms with Gasteiger partial charge in [-0.2, -0.15) is 18.4 Å². The highest BCUT2D eigenvalue weighted by Crippen LogP contribution is 2.43. The van der Waals surface area contributed by atoms with Gasteiger partial charge in [-0.1, -0.05) is 23.7 Å². The summed E-state index contributed by atoms with van der Waals surface area (Å²) in [6.07, 6.45) is -4.73. The van der Waals surface area contributed by atoms with E-state index in [0.717, 1.165) is 22.6 Å². The Morgan fingerprint density at radius 2 is 1.93 bits per heavy atom. The van der Waals surface area contributed by atoms with Crippen molar-refractivity contribution in [2.24, 2.45) is 5.92 Å². The number of para-hydroxylation sites is 1. The van der Waals surface area contributed by atoms with Gasteiger partial charge in [0, 0.05) is 43.9 Å². The van der Waals surface area contributed by atoms with E-state index in [4.69, 9.17) is 17.3 Å². The fourth-order valence-corrected chi connectivity index (χ4v) is 5.72. The number of aromatic nitrogens is 1. The number of carbonyl (C=O) groups excluding carboxylic acids is 2. The van der Waals surface area contributed by atoms with E-state index in [-0.39, 0.29) is 31.0 Å². The number of nitrogens with zero attached hydrogens (tertiary/aromatic N) is 5. The van der Waals surface area contributed by atoms with Crippen LogP contribution in [0.15, 0.2) is 48.5 Å². The number of amides is 2. The van der Waals surface area contributed by atoms with Crippen LogP contribution in [-0.2, 0) is 22.3 Å². The third-order valence-electron chi connectivity index (χ3n) is 7.24. The molecule has 2 N–H and O–H groups in total. The summed E-state index contributed by atoms with van der Waals surface area (Å²) in [5, 5.41) is 9.83. The lowest BCUT2D eigenvalue weighted by molar-refractivity contribution is -0.137. The number of nitrogen functional groups attached to an aromatic ring is 1. The van der Waals surface area contributed by atoms with Crippen LogP contribution >= 0.6 is 11.6 Å². The topological polar surface area (TPSA) is 107 Å². The molecule has 2 aromatic carbocycles. The van der Waals surface area contributed by atoms with Crippen LogP contribution in [0.4, 0.5) is 36.1 Å². The largest absolute Gasteiger partial charge is 0.416 e. The minimum absolute atomic E-state index is 0.0723. The second-order valence-corrected chi connectivity index (χ2v) is 10.4. The standard InChI is InChI=1S/C28H24ClF3N6O2/c1-15-8-19(28(30,31)32)11-23(35-15)38-24(39)10-18-14-37(13-16-6-7-21(34)17(9-16)12-33)26-20(29)4-3-5-22(26)36(2)27(40)25(18)38/h3-9,11,18,25H,10,13-14,34H2,1-2H3/t18-,25+/m1/s1. The van der Waals surface area contributed by atoms with E-state index in [1.165, 1.54) is 11.8 Å². The Morgan fingerprint density at radius 1 is 1.18 bits per heavy atom. The van der Waals surface area contributed by atoms with Crippen molar-refractivity contribution in [1.29, 1.82) is 5.26 Å². The number of hydrogen-bond acceptors (Lipinski definition) is 6. The first-order valence-electron chi connectivity index (χ1n) is 12.4. The molecule has 2 amide bonds. The van der Waals surface area contributed by atoms with Crippen LogP contribution in [0.5, 0.6) is 0 Å². The van der Waals surface area contributed by atoms with Gasteiger partial charge in [0.15, 0.2) is 0 Å². The molecular formula is C28H24ClF3N6O2. The zero-order valence-corrected chi connectivity index (χ0v) is 22.3. The molecule has 2 aliphatic heterocycles. The maximum absolute atomic E-state index is 13.9. The smallest absolute Gasteiger partial charge is 0.398 e. The first-order chi connectivity index (χ1) is 18.9. The van der Waals surface area contributed by atoms with E-state index >= 15 is 0 Å². The number of aryl methyl sites for hydroxylation is 1. The molecule has 12 heteroatoms. The number of likely N-dealkylation sites (N-methyl/N-ethyl adjacent to an activating group) is 1. The van der Waals surface area contributed by atoms with Crippen LogP contribution in [0.1, 0.15) is 28.8 Å². The van der Waals surface area contributed by atoms with Crippen molar-refractivity contribution in [2.45, 2.75) is 32.1 Å². The van der Waals surface area contributed by atoms with Crippen molar-refractivity contribution in [3.63, 3.8) is 0 Å². The van der Waals surface area contributed by atoms with Gasteiger partial charge in [-0.25, -0.2) is 4.98 Å². The number of rotatable bonds is 3. The molecule has 2 aliphatic rings. The van der Waals surface area contributed by atoms with Gasteiger partial charge in [0.1, 0.15) is 17.9 Å². The lowest BCUT2D eigenvalue weighted by atomic mass is 9.95. The third-order valence-corrected chi connectivity index (χ3v) is 7.54. The van der Waals surface area contributed by atoms with Crippen molar-refractivity contribution in [2.75, 3.05) is 34.0 Å². The molecule has 1 saturated heterocycles. The van der Waals surface area contributed by atoms with Gasteiger partial charge in [0.05, 0.1) is 27.5 Å². The second-order valence-electron chi connectivity index (χ2n) is 9.94. The van der Waals surface area contributed by atoms with Crippen molar-refractivity contribution in [1.82, 2.24) is 4.98 Å². The average Bonchev–Trinajstić information content (AvgIpc) is 3.22. The lowest BCUT2D eigenvalue weighted by Crippen LogP contribution is -2.52. The van der Waals surface area contributed by atoms with E-state index in [1.807, 2.05) is 4.90 Å². The number of anilines is 4. The average molecular weight is 569 g/mol. The molecule has 5 rings (SSSR count). The minimum Gasteiger partial charge on any atom is -0.398 e. The highest BCUT2D eigenvalue weighted by Gasteiger charge is 2.49. The number of alkyl halides is 3. The normalized spacial score (nSPS) is 19.2. The molecule has 0 spiro atoms. The number of fused-ring (bicyclic) bond motifs is 2. The van der Waals surface area contributed by atoms with Crippen molar-refractivity contribution < 1.29 is 22.8 Å². The summed E-state index contributed by atoms with van der Waals surface area (Å²) in [5.41, 5.74) is 7.45. The maximum atomic E-state index is 13.9. The number of halogens is 4. The van der Waals surface area contributed by atoms with Crippen LogP contribution in [0, 0.1) is 24.2 Å². The summed E-state index contributed by atoms with van der Waals surface area (Å²) in [5.74, 6) is -1.77. The molecule has 0 aliphatic carbocycles. The Labute approximate surface area is 233 Å². The molecular weight excluding hydrogens is 545 g/mol. The molecule has 2 atom stereocenters. The van der Waals surface area contributed by atoms with E-state index in [0.29, 0.717) is 27.6 Å². The van der Waals surface area contributed by atoms with Crippen molar-refractivity contribution in [3.05, 3.63) is 75.9 Å². The first kappa shape index (κ1) is 27.3. The van der Waals surface area contributed by atoms with Gasteiger partial charge in [-0.3, -0.25) is 14.5 Å². The van der Waals surface area contributed by atoms with Gasteiger partial charge in [-0.05, 0) is 48.9 Å². The highest BCUT2D eigenvalue weighted by atomic mass is 35.5. The second kappa shape index (κ2) is 10.0. The van der Waals surface area contributed by atoms with Gasteiger partial charge in [0.2, 0.25) is 11.8 Å². The van der Waals surface area contributed by atoms with Crippen LogP contribution < -0.4 is 20.4 Å². The van der Waals surface area contributed by atoms with Crippen LogP contribution in [-0.4, -0.2) is 36.4 Å². The van der Waals surface area contributed by atoms with Crippen LogP contribution in [0.3, 0.4) is 0 Å². The SMILES string of the molecule is Cc1cc(C(F)(F)F)cc(N2C(=O)C[C@@H]3CN(Cc4ccc(N)c(C#N)c4)c4c(Cl)cccc4N(C)C(=O)[C@H]32)n1.